The Balaban J connectivity index is 1.46. The predicted octanol–water partition coefficient (Wildman–Crippen LogP) is 3.21. The molecule has 3 unspecified atom stereocenters. The van der Waals surface area contributed by atoms with Crippen LogP contribution in [0.3, 0.4) is 0 Å². The van der Waals surface area contributed by atoms with E-state index in [1.807, 2.05) is 37.3 Å². The first-order chi connectivity index (χ1) is 14.9. The lowest BCUT2D eigenvalue weighted by molar-refractivity contribution is -0.129. The molecule has 1 aromatic carbocycles. The molecule has 0 heterocycles. The fraction of sp³-hybridized carbons (Fsp3) is 0.500. The van der Waals surface area contributed by atoms with E-state index < -0.39 is 11.4 Å². The molecule has 2 aliphatic rings. The van der Waals surface area contributed by atoms with Crippen molar-refractivity contribution in [1.82, 2.24) is 15.7 Å². The summed E-state index contributed by atoms with van der Waals surface area (Å²) in [4.78, 5) is 25.1. The predicted molar refractivity (Wildman–Crippen MR) is 121 cm³/mol. The van der Waals surface area contributed by atoms with Crippen LogP contribution < -0.4 is 16.4 Å². The van der Waals surface area contributed by atoms with Gasteiger partial charge >= 0.3 is 6.03 Å². The summed E-state index contributed by atoms with van der Waals surface area (Å²) >= 11 is 0. The zero-order valence-electron chi connectivity index (χ0n) is 18.2. The largest absolute Gasteiger partial charge is 0.353 e. The van der Waals surface area contributed by atoms with Gasteiger partial charge in [-0.15, -0.1) is 0 Å². The van der Waals surface area contributed by atoms with E-state index in [0.29, 0.717) is 17.9 Å². The third-order valence-electron chi connectivity index (χ3n) is 6.34. The van der Waals surface area contributed by atoms with Gasteiger partial charge in [0.15, 0.2) is 0 Å². The topological polar surface area (TPSA) is 108 Å². The van der Waals surface area contributed by atoms with Crippen LogP contribution in [0.15, 0.2) is 48.6 Å². The summed E-state index contributed by atoms with van der Waals surface area (Å²) in [5.41, 5.74) is 7.57. The molecule has 1 saturated carbocycles. The number of nitrogens with one attached hydrogen (secondary N) is 2. The van der Waals surface area contributed by atoms with Gasteiger partial charge in [-0.1, -0.05) is 55.5 Å². The summed E-state index contributed by atoms with van der Waals surface area (Å²) in [6.45, 7) is 2.19. The number of amides is 3. The SMILES string of the molecule is CCC1(C(=O)NCCN(O)C(=O)NC2CCCC(N)C2)C=CC(c2ccccc2)=CC1. The van der Waals surface area contributed by atoms with Crippen LogP contribution in [0.25, 0.3) is 5.57 Å². The fourth-order valence-electron chi connectivity index (χ4n) is 4.27. The minimum Gasteiger partial charge on any atom is -0.353 e. The maximum absolute atomic E-state index is 12.9. The first-order valence-electron chi connectivity index (χ1n) is 11.2. The van der Waals surface area contributed by atoms with Crippen molar-refractivity contribution in [2.24, 2.45) is 11.1 Å². The van der Waals surface area contributed by atoms with Gasteiger partial charge in [0.05, 0.1) is 12.0 Å². The maximum Gasteiger partial charge on any atom is 0.341 e. The van der Waals surface area contributed by atoms with Crippen LogP contribution in [0, 0.1) is 5.41 Å². The molecule has 0 aliphatic heterocycles. The van der Waals surface area contributed by atoms with Crippen molar-refractivity contribution < 1.29 is 14.8 Å². The van der Waals surface area contributed by atoms with Gasteiger partial charge in [-0.05, 0) is 49.7 Å². The van der Waals surface area contributed by atoms with Crippen LogP contribution in [0.5, 0.6) is 0 Å². The number of hydroxylamine groups is 2. The molecule has 3 rings (SSSR count). The molecule has 2 aliphatic carbocycles. The van der Waals surface area contributed by atoms with Gasteiger partial charge in [0, 0.05) is 18.6 Å². The summed E-state index contributed by atoms with van der Waals surface area (Å²) in [6.07, 6.45) is 10.9. The number of carbonyl (C=O) groups excluding carboxylic acids is 2. The molecule has 31 heavy (non-hydrogen) atoms. The number of urea groups is 1. The smallest absolute Gasteiger partial charge is 0.341 e. The van der Waals surface area contributed by atoms with Crippen LogP contribution in [-0.2, 0) is 4.79 Å². The van der Waals surface area contributed by atoms with Gasteiger partial charge in [0.25, 0.3) is 0 Å². The summed E-state index contributed by atoms with van der Waals surface area (Å²) < 4.78 is 0. The van der Waals surface area contributed by atoms with E-state index in [-0.39, 0.29) is 31.1 Å². The molecule has 0 spiro atoms. The second kappa shape index (κ2) is 10.6. The molecule has 3 amide bonds. The number of nitrogens with zero attached hydrogens (tertiary/aromatic N) is 1. The van der Waals surface area contributed by atoms with Crippen LogP contribution in [0.2, 0.25) is 0 Å². The molecule has 5 N–H and O–H groups in total. The van der Waals surface area contributed by atoms with E-state index >= 15 is 0 Å². The minimum absolute atomic E-state index is 0.0122. The molecule has 0 saturated heterocycles. The zero-order valence-corrected chi connectivity index (χ0v) is 18.2. The number of nitrogens with two attached hydrogens (primary N) is 1. The molecule has 3 atom stereocenters. The van der Waals surface area contributed by atoms with E-state index in [2.05, 4.69) is 28.8 Å². The number of hydrogen-bond donors (Lipinski definition) is 4. The molecule has 1 fully saturated rings. The van der Waals surface area contributed by atoms with Gasteiger partial charge in [-0.3, -0.25) is 10.0 Å². The second-order valence-corrected chi connectivity index (χ2v) is 8.52. The highest BCUT2D eigenvalue weighted by Crippen LogP contribution is 2.36. The highest BCUT2D eigenvalue weighted by Gasteiger charge is 2.34. The van der Waals surface area contributed by atoms with Crippen LogP contribution >= 0.6 is 0 Å². The van der Waals surface area contributed by atoms with Gasteiger partial charge in [0.2, 0.25) is 5.91 Å². The Hall–Kier alpha value is -2.64. The quantitative estimate of drug-likeness (QED) is 0.397. The van der Waals surface area contributed by atoms with Crippen molar-refractivity contribution in [3.05, 3.63) is 54.1 Å². The first kappa shape index (κ1) is 23.0. The molecular formula is C24H34N4O3. The number of benzene rings is 1. The Morgan fingerprint density at radius 3 is 2.68 bits per heavy atom. The minimum atomic E-state index is -0.612. The molecule has 0 radical (unpaired) electrons. The van der Waals surface area contributed by atoms with Gasteiger partial charge in [0.1, 0.15) is 0 Å². The number of hydrogen-bond acceptors (Lipinski definition) is 4. The standard InChI is InChI=1S/C24H34N4O3/c1-2-24(13-11-19(12-14-24)18-7-4-3-5-8-18)22(29)26-15-16-28(31)23(30)27-21-10-6-9-20(25)17-21/h3-5,7-8,11-13,20-21,31H,2,6,9-10,14-17,25H2,1H3,(H,26,29)(H,27,30). The molecule has 7 heteroatoms. The Labute approximate surface area is 184 Å². The van der Waals surface area contributed by atoms with E-state index in [1.165, 1.54) is 0 Å². The summed E-state index contributed by atoms with van der Waals surface area (Å²) in [6, 6.07) is 9.61. The fourth-order valence-corrected chi connectivity index (χ4v) is 4.27. The molecule has 0 aromatic heterocycles. The highest BCUT2D eigenvalue weighted by molar-refractivity contribution is 5.88. The molecular weight excluding hydrogens is 392 g/mol. The highest BCUT2D eigenvalue weighted by atomic mass is 16.5. The van der Waals surface area contributed by atoms with Crippen LogP contribution in [0.1, 0.15) is 51.0 Å². The maximum atomic E-state index is 12.9. The Morgan fingerprint density at radius 2 is 2.03 bits per heavy atom. The number of carbonyl (C=O) groups is 2. The Bertz CT molecular complexity index is 823. The average molecular weight is 427 g/mol. The van der Waals surface area contributed by atoms with E-state index in [1.54, 1.807) is 0 Å². The van der Waals surface area contributed by atoms with Crippen molar-refractivity contribution in [1.29, 1.82) is 0 Å². The Morgan fingerprint density at radius 1 is 1.26 bits per heavy atom. The van der Waals surface area contributed by atoms with E-state index in [0.717, 1.165) is 36.8 Å². The zero-order chi connectivity index (χ0) is 22.3. The lowest BCUT2D eigenvalue weighted by atomic mass is 9.76. The first-order valence-corrected chi connectivity index (χ1v) is 11.2. The molecule has 0 bridgehead atoms. The van der Waals surface area contributed by atoms with Gasteiger partial charge in [-0.2, -0.15) is 0 Å². The summed E-state index contributed by atoms with van der Waals surface area (Å²) in [5.74, 6) is -0.0957. The molecule has 168 valence electrons. The Kier molecular flexibility index (Phi) is 7.87. The van der Waals surface area contributed by atoms with Crippen molar-refractivity contribution in [3.8, 4) is 0 Å². The number of rotatable bonds is 7. The summed E-state index contributed by atoms with van der Waals surface area (Å²) in [7, 11) is 0. The van der Waals surface area contributed by atoms with Crippen LogP contribution in [0.4, 0.5) is 4.79 Å². The van der Waals surface area contributed by atoms with Crippen molar-refractivity contribution in [2.75, 3.05) is 13.1 Å². The van der Waals surface area contributed by atoms with Crippen molar-refractivity contribution in [3.63, 3.8) is 0 Å². The molecule has 7 nitrogen and oxygen atoms in total. The molecule has 1 aromatic rings. The third-order valence-corrected chi connectivity index (χ3v) is 6.34. The lowest BCUT2D eigenvalue weighted by Gasteiger charge is -2.31. The normalized spacial score (nSPS) is 25.5. The van der Waals surface area contributed by atoms with Gasteiger partial charge < -0.3 is 16.4 Å². The van der Waals surface area contributed by atoms with Crippen molar-refractivity contribution in [2.45, 2.75) is 57.5 Å². The van der Waals surface area contributed by atoms with E-state index in [9.17, 15) is 14.8 Å². The van der Waals surface area contributed by atoms with Crippen LogP contribution in [-0.4, -0.2) is 47.4 Å². The second-order valence-electron chi connectivity index (χ2n) is 8.52. The van der Waals surface area contributed by atoms with Gasteiger partial charge in [-0.25, -0.2) is 9.86 Å². The van der Waals surface area contributed by atoms with Crippen molar-refractivity contribution >= 4 is 17.5 Å². The average Bonchev–Trinajstić information content (AvgIpc) is 2.79. The lowest BCUT2D eigenvalue weighted by Crippen LogP contribution is -2.49. The third kappa shape index (κ3) is 5.95. The summed E-state index contributed by atoms with van der Waals surface area (Å²) in [5, 5.41) is 16.4. The monoisotopic (exact) mass is 426 g/mol. The van der Waals surface area contributed by atoms with E-state index in [4.69, 9.17) is 5.73 Å². The number of allylic oxidation sites excluding steroid dienone is 3.